The predicted octanol–water partition coefficient (Wildman–Crippen LogP) is 4.18. The molecule has 1 nitrogen and oxygen atoms in total. The van der Waals surface area contributed by atoms with E-state index in [9.17, 15) is 13.6 Å². The maximum atomic E-state index is 13.8. The van der Waals surface area contributed by atoms with Gasteiger partial charge in [0.15, 0.2) is 5.78 Å². The van der Waals surface area contributed by atoms with E-state index in [-0.39, 0.29) is 12.2 Å². The van der Waals surface area contributed by atoms with E-state index in [0.29, 0.717) is 24.0 Å². The lowest BCUT2D eigenvalue weighted by atomic mass is 9.80. The third-order valence-electron chi connectivity index (χ3n) is 3.46. The van der Waals surface area contributed by atoms with E-state index in [0.717, 1.165) is 6.42 Å². The van der Waals surface area contributed by atoms with Crippen molar-refractivity contribution in [3.63, 3.8) is 0 Å². The molecule has 0 aromatic heterocycles. The maximum absolute atomic E-state index is 13.8. The Balaban J connectivity index is 2.32. The van der Waals surface area contributed by atoms with Crippen LogP contribution in [0.4, 0.5) is 8.78 Å². The molecule has 1 aliphatic rings. The summed E-state index contributed by atoms with van der Waals surface area (Å²) in [5.41, 5.74) is 1.12. The fourth-order valence-corrected chi connectivity index (χ4v) is 2.48. The molecule has 0 aliphatic heterocycles. The predicted molar refractivity (Wildman–Crippen MR) is 62.6 cm³/mol. The van der Waals surface area contributed by atoms with Crippen LogP contribution in [0, 0.1) is 0 Å². The van der Waals surface area contributed by atoms with Crippen molar-refractivity contribution >= 4 is 5.78 Å². The van der Waals surface area contributed by atoms with E-state index < -0.39 is 11.8 Å². The second kappa shape index (κ2) is 4.55. The number of hydrogen-bond acceptors (Lipinski definition) is 1. The lowest BCUT2D eigenvalue weighted by Gasteiger charge is -2.31. The number of halogens is 2. The van der Waals surface area contributed by atoms with E-state index in [1.807, 2.05) is 0 Å². The molecule has 0 bridgehead atoms. The number of benzene rings is 1. The quantitative estimate of drug-likeness (QED) is 0.706. The van der Waals surface area contributed by atoms with Gasteiger partial charge in [-0.1, -0.05) is 24.6 Å². The number of Topliss-reactive ketones (excluding diaryl/α,β-unsaturated/α-hetero) is 1. The van der Waals surface area contributed by atoms with Crippen LogP contribution in [0.25, 0.3) is 0 Å². The number of rotatable bonds is 2. The minimum Gasteiger partial charge on any atom is -0.295 e. The first-order valence-corrected chi connectivity index (χ1v) is 5.99. The van der Waals surface area contributed by atoms with Gasteiger partial charge < -0.3 is 0 Å². The second-order valence-corrected chi connectivity index (χ2v) is 4.74. The number of carbonyl (C=O) groups is 1. The molecule has 0 spiro atoms. The lowest BCUT2D eigenvalue weighted by molar-refractivity contribution is -0.0547. The molecule has 1 atom stereocenters. The highest BCUT2D eigenvalue weighted by Crippen LogP contribution is 2.44. The fourth-order valence-electron chi connectivity index (χ4n) is 2.48. The van der Waals surface area contributed by atoms with Gasteiger partial charge in [-0.2, -0.15) is 0 Å². The first kappa shape index (κ1) is 12.2. The van der Waals surface area contributed by atoms with Crippen LogP contribution in [0.5, 0.6) is 0 Å². The molecule has 0 N–H and O–H groups in total. The largest absolute Gasteiger partial charge is 0.295 e. The van der Waals surface area contributed by atoms with Crippen LogP contribution in [0.1, 0.15) is 54.4 Å². The van der Waals surface area contributed by atoms with E-state index in [4.69, 9.17) is 0 Å². The highest BCUT2D eigenvalue weighted by molar-refractivity contribution is 5.94. The second-order valence-electron chi connectivity index (χ2n) is 4.74. The molecule has 1 fully saturated rings. The van der Waals surface area contributed by atoms with E-state index >= 15 is 0 Å². The third kappa shape index (κ3) is 2.54. The molecule has 1 aliphatic carbocycles. The molecule has 2 rings (SSSR count). The zero-order chi connectivity index (χ0) is 12.5. The summed E-state index contributed by atoms with van der Waals surface area (Å²) in [6.45, 7) is 1.46. The number of carbonyl (C=O) groups excluding carboxylic acids is 1. The third-order valence-corrected chi connectivity index (χ3v) is 3.46. The van der Waals surface area contributed by atoms with Crippen LogP contribution >= 0.6 is 0 Å². The Kier molecular flexibility index (Phi) is 3.27. The molecular weight excluding hydrogens is 222 g/mol. The first-order valence-electron chi connectivity index (χ1n) is 5.99. The van der Waals surface area contributed by atoms with Crippen LogP contribution in [0.15, 0.2) is 24.3 Å². The van der Waals surface area contributed by atoms with Crippen LogP contribution < -0.4 is 0 Å². The Morgan fingerprint density at radius 2 is 2.12 bits per heavy atom. The SMILES string of the molecule is CC(=O)c1cccc(C2CCCCC2(F)F)c1. The number of alkyl halides is 2. The highest BCUT2D eigenvalue weighted by atomic mass is 19.3. The summed E-state index contributed by atoms with van der Waals surface area (Å²) in [6.07, 6.45) is 1.90. The van der Waals surface area contributed by atoms with Gasteiger partial charge in [0, 0.05) is 17.9 Å². The summed E-state index contributed by atoms with van der Waals surface area (Å²) >= 11 is 0. The molecular formula is C14H16F2O. The molecule has 17 heavy (non-hydrogen) atoms. The maximum Gasteiger partial charge on any atom is 0.254 e. The van der Waals surface area contributed by atoms with Gasteiger partial charge in [-0.15, -0.1) is 0 Å². The first-order chi connectivity index (χ1) is 8.00. The van der Waals surface area contributed by atoms with Crippen LogP contribution in [0.2, 0.25) is 0 Å². The average Bonchev–Trinajstić information content (AvgIpc) is 2.28. The van der Waals surface area contributed by atoms with Crippen LogP contribution in [-0.2, 0) is 0 Å². The summed E-state index contributed by atoms with van der Waals surface area (Å²) < 4.78 is 27.6. The number of ketones is 1. The minimum absolute atomic E-state index is 0.0397. The highest BCUT2D eigenvalue weighted by Gasteiger charge is 2.42. The summed E-state index contributed by atoms with van der Waals surface area (Å²) in [4.78, 5) is 11.3. The average molecular weight is 238 g/mol. The van der Waals surface area contributed by atoms with Gasteiger partial charge in [-0.3, -0.25) is 4.79 Å². The van der Waals surface area contributed by atoms with Crippen molar-refractivity contribution in [2.75, 3.05) is 0 Å². The topological polar surface area (TPSA) is 17.1 Å². The Labute approximate surface area is 99.8 Å². The molecule has 1 saturated carbocycles. The van der Waals surface area contributed by atoms with Crippen LogP contribution in [0.3, 0.4) is 0 Å². The van der Waals surface area contributed by atoms with Gasteiger partial charge in [-0.25, -0.2) is 8.78 Å². The van der Waals surface area contributed by atoms with Crippen molar-refractivity contribution in [2.45, 2.75) is 44.4 Å². The summed E-state index contributed by atoms with van der Waals surface area (Å²) in [6, 6.07) is 6.69. The molecule has 1 unspecified atom stereocenters. The van der Waals surface area contributed by atoms with Gasteiger partial charge in [0.25, 0.3) is 5.92 Å². The summed E-state index contributed by atoms with van der Waals surface area (Å²) in [5.74, 6) is -3.44. The molecule has 0 radical (unpaired) electrons. The van der Waals surface area contributed by atoms with Crippen molar-refractivity contribution in [3.8, 4) is 0 Å². The standard InChI is InChI=1S/C14H16F2O/c1-10(17)11-5-4-6-12(9-11)13-7-2-3-8-14(13,15)16/h4-6,9,13H,2-3,7-8H2,1H3. The van der Waals surface area contributed by atoms with E-state index in [1.54, 1.807) is 24.3 Å². The van der Waals surface area contributed by atoms with Crippen molar-refractivity contribution < 1.29 is 13.6 Å². The van der Waals surface area contributed by atoms with Gasteiger partial charge in [0.1, 0.15) is 0 Å². The Morgan fingerprint density at radius 3 is 2.76 bits per heavy atom. The molecule has 1 aromatic carbocycles. The van der Waals surface area contributed by atoms with Gasteiger partial charge in [0.05, 0.1) is 0 Å². The fraction of sp³-hybridized carbons (Fsp3) is 0.500. The van der Waals surface area contributed by atoms with Gasteiger partial charge >= 0.3 is 0 Å². The van der Waals surface area contributed by atoms with Gasteiger partial charge in [-0.05, 0) is 31.4 Å². The molecule has 92 valence electrons. The van der Waals surface area contributed by atoms with Crippen molar-refractivity contribution in [2.24, 2.45) is 0 Å². The van der Waals surface area contributed by atoms with Crippen molar-refractivity contribution in [1.29, 1.82) is 0 Å². The zero-order valence-electron chi connectivity index (χ0n) is 9.88. The summed E-state index contributed by atoms with van der Waals surface area (Å²) in [5, 5.41) is 0. The summed E-state index contributed by atoms with van der Waals surface area (Å²) in [7, 11) is 0. The molecule has 1 aromatic rings. The van der Waals surface area contributed by atoms with E-state index in [1.165, 1.54) is 6.92 Å². The molecule has 0 saturated heterocycles. The smallest absolute Gasteiger partial charge is 0.254 e. The Morgan fingerprint density at radius 1 is 1.35 bits per heavy atom. The Hall–Kier alpha value is -1.25. The Bertz CT molecular complexity index is 426. The van der Waals surface area contributed by atoms with Crippen molar-refractivity contribution in [1.82, 2.24) is 0 Å². The molecule has 3 heteroatoms. The zero-order valence-corrected chi connectivity index (χ0v) is 9.88. The van der Waals surface area contributed by atoms with Gasteiger partial charge in [0.2, 0.25) is 0 Å². The van der Waals surface area contributed by atoms with Crippen molar-refractivity contribution in [3.05, 3.63) is 35.4 Å². The lowest BCUT2D eigenvalue weighted by Crippen LogP contribution is -2.29. The van der Waals surface area contributed by atoms with Crippen LogP contribution in [-0.4, -0.2) is 11.7 Å². The molecule has 0 heterocycles. The monoisotopic (exact) mass is 238 g/mol. The normalized spacial score (nSPS) is 23.4. The number of hydrogen-bond donors (Lipinski definition) is 0. The van der Waals surface area contributed by atoms with E-state index in [2.05, 4.69) is 0 Å². The minimum atomic E-state index is -2.63. The molecule has 0 amide bonds.